The van der Waals surface area contributed by atoms with Crippen molar-refractivity contribution >= 4 is 0 Å². The highest BCUT2D eigenvalue weighted by Crippen LogP contribution is 2.23. The van der Waals surface area contributed by atoms with Crippen LogP contribution < -0.4 is 5.32 Å². The Kier molecular flexibility index (Phi) is 5.26. The first kappa shape index (κ1) is 13.6. The van der Waals surface area contributed by atoms with Crippen LogP contribution >= 0.6 is 0 Å². The van der Waals surface area contributed by atoms with E-state index >= 15 is 0 Å². The van der Waals surface area contributed by atoms with Crippen molar-refractivity contribution in [2.75, 3.05) is 6.54 Å². The second-order valence-electron chi connectivity index (χ2n) is 5.50. The lowest BCUT2D eigenvalue weighted by Crippen LogP contribution is -2.33. The van der Waals surface area contributed by atoms with E-state index in [1.165, 1.54) is 31.2 Å². The largest absolute Gasteiger partial charge is 0.393 e. The van der Waals surface area contributed by atoms with Crippen molar-refractivity contribution in [1.29, 1.82) is 0 Å². The molecule has 0 amide bonds. The molecule has 1 aliphatic carbocycles. The first-order valence-corrected chi connectivity index (χ1v) is 7.33. The molecule has 2 N–H and O–H groups in total. The van der Waals surface area contributed by atoms with E-state index in [1.54, 1.807) is 0 Å². The Morgan fingerprint density at radius 1 is 1.39 bits per heavy atom. The van der Waals surface area contributed by atoms with Gasteiger partial charge in [0.15, 0.2) is 0 Å². The zero-order valence-electron chi connectivity index (χ0n) is 11.4. The van der Waals surface area contributed by atoms with E-state index in [1.807, 2.05) is 0 Å². The zero-order valence-corrected chi connectivity index (χ0v) is 11.4. The molecular weight excluding hydrogens is 224 g/mol. The number of nitrogens with one attached hydrogen (secondary N) is 1. The van der Waals surface area contributed by atoms with Crippen molar-refractivity contribution < 1.29 is 5.11 Å². The fourth-order valence-electron chi connectivity index (χ4n) is 2.82. The third kappa shape index (κ3) is 3.85. The lowest BCUT2D eigenvalue weighted by molar-refractivity contribution is 0.0695. The minimum atomic E-state index is -0.0871. The summed E-state index contributed by atoms with van der Waals surface area (Å²) in [4.78, 5) is 0. The molecule has 18 heavy (non-hydrogen) atoms. The van der Waals surface area contributed by atoms with Gasteiger partial charge in [-0.2, -0.15) is 0 Å². The van der Waals surface area contributed by atoms with E-state index in [0.29, 0.717) is 5.92 Å². The van der Waals surface area contributed by atoms with Gasteiger partial charge in [0.1, 0.15) is 0 Å². The number of nitrogens with zero attached hydrogens (tertiary/aromatic N) is 1. The molecule has 1 heterocycles. The van der Waals surface area contributed by atoms with E-state index < -0.39 is 0 Å². The minimum Gasteiger partial charge on any atom is -0.393 e. The van der Waals surface area contributed by atoms with Crippen LogP contribution in [-0.4, -0.2) is 22.3 Å². The molecule has 2 unspecified atom stereocenters. The van der Waals surface area contributed by atoms with Crippen LogP contribution in [0.3, 0.4) is 0 Å². The van der Waals surface area contributed by atoms with Gasteiger partial charge in [0.05, 0.1) is 6.10 Å². The van der Waals surface area contributed by atoms with Gasteiger partial charge in [0.2, 0.25) is 0 Å². The fraction of sp³-hybridized carbons (Fsp3) is 0.733. The van der Waals surface area contributed by atoms with Crippen molar-refractivity contribution in [2.45, 2.75) is 58.2 Å². The molecule has 0 aromatic carbocycles. The number of aryl methyl sites for hydroxylation is 1. The van der Waals surface area contributed by atoms with Crippen LogP contribution in [0, 0.1) is 5.92 Å². The summed E-state index contributed by atoms with van der Waals surface area (Å²) >= 11 is 0. The standard InChI is InChI=1S/C15H26N2O/c1-2-8-17-9-7-13(12-17)10-16-11-14-5-3-4-6-15(14)18/h7,9,12,14-16,18H,2-6,8,10-11H2,1H3. The summed E-state index contributed by atoms with van der Waals surface area (Å²) in [6, 6.07) is 2.18. The third-order valence-electron chi connectivity index (χ3n) is 3.90. The van der Waals surface area contributed by atoms with E-state index in [9.17, 15) is 5.11 Å². The SMILES string of the molecule is CCCn1ccc(CNCC2CCCCC2O)c1. The Morgan fingerprint density at radius 3 is 3.00 bits per heavy atom. The molecule has 1 aromatic rings. The maximum atomic E-state index is 9.90. The third-order valence-corrected chi connectivity index (χ3v) is 3.90. The number of hydrogen-bond acceptors (Lipinski definition) is 2. The molecule has 102 valence electrons. The van der Waals surface area contributed by atoms with Gasteiger partial charge >= 0.3 is 0 Å². The van der Waals surface area contributed by atoms with E-state index in [-0.39, 0.29) is 6.10 Å². The molecule has 2 rings (SSSR count). The van der Waals surface area contributed by atoms with E-state index in [2.05, 4.69) is 35.3 Å². The predicted molar refractivity (Wildman–Crippen MR) is 74.4 cm³/mol. The van der Waals surface area contributed by atoms with Gasteiger partial charge in [0.25, 0.3) is 0 Å². The van der Waals surface area contributed by atoms with Crippen LogP contribution in [-0.2, 0) is 13.1 Å². The molecule has 1 aliphatic rings. The molecule has 3 heteroatoms. The summed E-state index contributed by atoms with van der Waals surface area (Å²) in [6.07, 6.45) is 10.1. The van der Waals surface area contributed by atoms with E-state index in [4.69, 9.17) is 0 Å². The Labute approximate surface area is 110 Å². The Bertz CT molecular complexity index is 348. The van der Waals surface area contributed by atoms with Crippen molar-refractivity contribution in [3.63, 3.8) is 0 Å². The van der Waals surface area contributed by atoms with Crippen molar-refractivity contribution in [3.05, 3.63) is 24.0 Å². The monoisotopic (exact) mass is 250 g/mol. The Balaban J connectivity index is 1.70. The molecular formula is C15H26N2O. The molecule has 1 saturated carbocycles. The molecule has 0 spiro atoms. The topological polar surface area (TPSA) is 37.2 Å². The second kappa shape index (κ2) is 6.95. The maximum Gasteiger partial charge on any atom is 0.0580 e. The van der Waals surface area contributed by atoms with Gasteiger partial charge in [0, 0.05) is 32.0 Å². The van der Waals surface area contributed by atoms with Crippen molar-refractivity contribution in [2.24, 2.45) is 5.92 Å². The minimum absolute atomic E-state index is 0.0871. The van der Waals surface area contributed by atoms with Crippen molar-refractivity contribution in [3.8, 4) is 0 Å². The number of aliphatic hydroxyl groups is 1. The quantitative estimate of drug-likeness (QED) is 0.814. The average Bonchev–Trinajstić information content (AvgIpc) is 2.80. The summed E-state index contributed by atoms with van der Waals surface area (Å²) in [7, 11) is 0. The van der Waals surface area contributed by atoms with Crippen LogP contribution in [0.4, 0.5) is 0 Å². The normalized spacial score (nSPS) is 24.3. The van der Waals surface area contributed by atoms with Gasteiger partial charge in [-0.15, -0.1) is 0 Å². The Morgan fingerprint density at radius 2 is 2.22 bits per heavy atom. The first-order valence-electron chi connectivity index (χ1n) is 7.33. The fourth-order valence-corrected chi connectivity index (χ4v) is 2.82. The number of hydrogen-bond donors (Lipinski definition) is 2. The van der Waals surface area contributed by atoms with Crippen LogP contribution in [0.1, 0.15) is 44.6 Å². The molecule has 0 aliphatic heterocycles. The van der Waals surface area contributed by atoms with Crippen LogP contribution in [0.15, 0.2) is 18.5 Å². The number of aromatic nitrogens is 1. The highest BCUT2D eigenvalue weighted by atomic mass is 16.3. The van der Waals surface area contributed by atoms with Crippen molar-refractivity contribution in [1.82, 2.24) is 9.88 Å². The zero-order chi connectivity index (χ0) is 12.8. The molecule has 0 saturated heterocycles. The number of rotatable bonds is 6. The van der Waals surface area contributed by atoms with E-state index in [0.717, 1.165) is 26.1 Å². The predicted octanol–water partition coefficient (Wildman–Crippen LogP) is 2.54. The summed E-state index contributed by atoms with van der Waals surface area (Å²) < 4.78 is 2.24. The Hall–Kier alpha value is -0.800. The number of aliphatic hydroxyl groups excluding tert-OH is 1. The lowest BCUT2D eigenvalue weighted by atomic mass is 9.86. The van der Waals surface area contributed by atoms with Crippen LogP contribution in [0.25, 0.3) is 0 Å². The van der Waals surface area contributed by atoms with Crippen LogP contribution in [0.5, 0.6) is 0 Å². The summed E-state index contributed by atoms with van der Waals surface area (Å²) in [6.45, 7) is 5.16. The average molecular weight is 250 g/mol. The van der Waals surface area contributed by atoms with Gasteiger partial charge in [-0.05, 0) is 36.8 Å². The molecule has 1 fully saturated rings. The van der Waals surface area contributed by atoms with Crippen LogP contribution in [0.2, 0.25) is 0 Å². The molecule has 0 bridgehead atoms. The summed E-state index contributed by atoms with van der Waals surface area (Å²) in [5.74, 6) is 0.455. The van der Waals surface area contributed by atoms with Gasteiger partial charge in [-0.25, -0.2) is 0 Å². The molecule has 3 nitrogen and oxygen atoms in total. The first-order chi connectivity index (χ1) is 8.79. The highest BCUT2D eigenvalue weighted by Gasteiger charge is 2.22. The highest BCUT2D eigenvalue weighted by molar-refractivity contribution is 5.09. The van der Waals surface area contributed by atoms with Gasteiger partial charge in [-0.3, -0.25) is 0 Å². The lowest BCUT2D eigenvalue weighted by Gasteiger charge is -2.27. The molecule has 2 atom stereocenters. The molecule has 1 aromatic heterocycles. The smallest absolute Gasteiger partial charge is 0.0580 e. The maximum absolute atomic E-state index is 9.90. The summed E-state index contributed by atoms with van der Waals surface area (Å²) in [5.41, 5.74) is 1.34. The van der Waals surface area contributed by atoms with Gasteiger partial charge < -0.3 is 15.0 Å². The second-order valence-corrected chi connectivity index (χ2v) is 5.50. The summed E-state index contributed by atoms with van der Waals surface area (Å²) in [5, 5.41) is 13.4. The molecule has 0 radical (unpaired) electrons. The van der Waals surface area contributed by atoms with Gasteiger partial charge in [-0.1, -0.05) is 19.8 Å².